The average Bonchev–Trinajstić information content (AvgIpc) is 2.52. The lowest BCUT2D eigenvalue weighted by molar-refractivity contribution is 0.0954. The topological polar surface area (TPSA) is 32.3 Å². The third kappa shape index (κ3) is 4.74. The molecule has 0 saturated carbocycles. The van der Waals surface area contributed by atoms with E-state index in [4.69, 9.17) is 0 Å². The van der Waals surface area contributed by atoms with Crippen molar-refractivity contribution in [3.63, 3.8) is 0 Å². The normalized spacial score (nSPS) is 10.2. The van der Waals surface area contributed by atoms with Gasteiger partial charge in [-0.1, -0.05) is 24.3 Å². The summed E-state index contributed by atoms with van der Waals surface area (Å²) in [7, 11) is 0. The molecule has 0 fully saturated rings. The number of carbonyl (C=O) groups excluding carboxylic acids is 1. The number of hydrogen-bond acceptors (Lipinski definition) is 2. The molecule has 4 heteroatoms. The van der Waals surface area contributed by atoms with E-state index in [1.54, 1.807) is 0 Å². The quantitative estimate of drug-likeness (QED) is 0.761. The maximum Gasteiger partial charge on any atom is 0.251 e. The zero-order chi connectivity index (χ0) is 15.1. The zero-order valence-electron chi connectivity index (χ0n) is 12.1. The third-order valence-corrected chi connectivity index (χ3v) is 3.93. The van der Waals surface area contributed by atoms with E-state index in [9.17, 15) is 4.79 Å². The average molecular weight is 394 g/mol. The van der Waals surface area contributed by atoms with Gasteiger partial charge in [0.2, 0.25) is 0 Å². The van der Waals surface area contributed by atoms with E-state index in [-0.39, 0.29) is 5.91 Å². The standard InChI is InChI=1S/C17H19IN2O/c1-2-20(16-9-4-3-5-10-16)12-11-19-17(21)14-7-6-8-15(18)13-14/h3-10,13H,2,11-12H2,1H3,(H,19,21). The van der Waals surface area contributed by atoms with Crippen molar-refractivity contribution in [2.45, 2.75) is 6.92 Å². The summed E-state index contributed by atoms with van der Waals surface area (Å²) < 4.78 is 1.07. The molecule has 0 bridgehead atoms. The van der Waals surface area contributed by atoms with Crippen molar-refractivity contribution in [2.75, 3.05) is 24.5 Å². The second-order valence-corrected chi connectivity index (χ2v) is 5.93. The Morgan fingerprint density at radius 1 is 1.14 bits per heavy atom. The van der Waals surface area contributed by atoms with Gasteiger partial charge in [-0.05, 0) is 59.8 Å². The van der Waals surface area contributed by atoms with Gasteiger partial charge in [0.1, 0.15) is 0 Å². The first-order chi connectivity index (χ1) is 10.2. The first kappa shape index (κ1) is 15.8. The largest absolute Gasteiger partial charge is 0.370 e. The lowest BCUT2D eigenvalue weighted by atomic mass is 10.2. The number of para-hydroxylation sites is 1. The molecule has 0 heterocycles. The molecule has 0 atom stereocenters. The van der Waals surface area contributed by atoms with Gasteiger partial charge in [0.05, 0.1) is 0 Å². The molecule has 0 spiro atoms. The fourth-order valence-corrected chi connectivity index (χ4v) is 2.69. The molecule has 0 aliphatic rings. The van der Waals surface area contributed by atoms with Crippen LogP contribution >= 0.6 is 22.6 Å². The highest BCUT2D eigenvalue weighted by Crippen LogP contribution is 2.12. The van der Waals surface area contributed by atoms with E-state index in [0.717, 1.165) is 16.7 Å². The molecule has 2 rings (SSSR count). The van der Waals surface area contributed by atoms with E-state index >= 15 is 0 Å². The number of likely N-dealkylation sites (N-methyl/N-ethyl adjacent to an activating group) is 1. The number of carbonyl (C=O) groups is 1. The molecule has 3 nitrogen and oxygen atoms in total. The van der Waals surface area contributed by atoms with Crippen LogP contribution in [0.15, 0.2) is 54.6 Å². The number of nitrogens with one attached hydrogen (secondary N) is 1. The van der Waals surface area contributed by atoms with Crippen LogP contribution in [0.25, 0.3) is 0 Å². The molecule has 0 saturated heterocycles. The van der Waals surface area contributed by atoms with Gasteiger partial charge in [0, 0.05) is 34.5 Å². The van der Waals surface area contributed by atoms with Gasteiger partial charge >= 0.3 is 0 Å². The third-order valence-electron chi connectivity index (χ3n) is 3.26. The smallest absolute Gasteiger partial charge is 0.251 e. The molecule has 0 aliphatic carbocycles. The number of rotatable bonds is 6. The summed E-state index contributed by atoms with van der Waals surface area (Å²) >= 11 is 2.21. The first-order valence-electron chi connectivity index (χ1n) is 7.04. The summed E-state index contributed by atoms with van der Waals surface area (Å²) in [5.74, 6) is -0.0161. The molecule has 0 unspecified atom stereocenters. The van der Waals surface area contributed by atoms with Crippen LogP contribution in [-0.4, -0.2) is 25.5 Å². The predicted octanol–water partition coefficient (Wildman–Crippen LogP) is 3.55. The number of benzene rings is 2. The minimum atomic E-state index is -0.0161. The van der Waals surface area contributed by atoms with Crippen LogP contribution in [0.2, 0.25) is 0 Å². The predicted molar refractivity (Wildman–Crippen MR) is 95.8 cm³/mol. The van der Waals surface area contributed by atoms with Crippen molar-refractivity contribution in [1.29, 1.82) is 0 Å². The maximum atomic E-state index is 12.1. The Labute approximate surface area is 139 Å². The lowest BCUT2D eigenvalue weighted by Gasteiger charge is -2.23. The Hall–Kier alpha value is -1.56. The van der Waals surface area contributed by atoms with Gasteiger partial charge in [-0.15, -0.1) is 0 Å². The lowest BCUT2D eigenvalue weighted by Crippen LogP contribution is -2.34. The van der Waals surface area contributed by atoms with Gasteiger partial charge in [0.25, 0.3) is 5.91 Å². The van der Waals surface area contributed by atoms with Crippen LogP contribution in [0.1, 0.15) is 17.3 Å². The highest BCUT2D eigenvalue weighted by Gasteiger charge is 2.07. The Balaban J connectivity index is 1.87. The molecule has 0 aromatic heterocycles. The van der Waals surface area contributed by atoms with Crippen LogP contribution < -0.4 is 10.2 Å². The summed E-state index contributed by atoms with van der Waals surface area (Å²) in [5.41, 5.74) is 1.90. The molecule has 1 amide bonds. The van der Waals surface area contributed by atoms with Crippen LogP contribution in [0, 0.1) is 3.57 Å². The number of halogens is 1. The van der Waals surface area contributed by atoms with Crippen molar-refractivity contribution < 1.29 is 4.79 Å². The Kier molecular flexibility index (Phi) is 6.04. The van der Waals surface area contributed by atoms with E-state index in [1.165, 1.54) is 5.69 Å². The SMILES string of the molecule is CCN(CCNC(=O)c1cccc(I)c1)c1ccccc1. The van der Waals surface area contributed by atoms with Crippen molar-refractivity contribution in [2.24, 2.45) is 0 Å². The van der Waals surface area contributed by atoms with Gasteiger partial charge in [0.15, 0.2) is 0 Å². The number of amides is 1. The van der Waals surface area contributed by atoms with Crippen LogP contribution in [0.5, 0.6) is 0 Å². The van der Waals surface area contributed by atoms with Gasteiger partial charge < -0.3 is 10.2 Å². The highest BCUT2D eigenvalue weighted by atomic mass is 127. The molecule has 0 aliphatic heterocycles. The molecule has 110 valence electrons. The van der Waals surface area contributed by atoms with Crippen LogP contribution in [0.4, 0.5) is 5.69 Å². The minimum Gasteiger partial charge on any atom is -0.370 e. The number of nitrogens with zero attached hydrogens (tertiary/aromatic N) is 1. The highest BCUT2D eigenvalue weighted by molar-refractivity contribution is 14.1. The van der Waals surface area contributed by atoms with E-state index in [1.807, 2.05) is 42.5 Å². The molecule has 2 aromatic rings. The van der Waals surface area contributed by atoms with Crippen molar-refractivity contribution in [3.8, 4) is 0 Å². The Bertz CT molecular complexity index is 586. The van der Waals surface area contributed by atoms with Gasteiger partial charge in [-0.3, -0.25) is 4.79 Å². The van der Waals surface area contributed by atoms with E-state index in [0.29, 0.717) is 12.1 Å². The Morgan fingerprint density at radius 2 is 1.90 bits per heavy atom. The van der Waals surface area contributed by atoms with Crippen LogP contribution in [0.3, 0.4) is 0 Å². The fourth-order valence-electron chi connectivity index (χ4n) is 2.14. The van der Waals surface area contributed by atoms with E-state index in [2.05, 4.69) is 51.9 Å². The molecule has 0 radical (unpaired) electrons. The molecule has 21 heavy (non-hydrogen) atoms. The second-order valence-electron chi connectivity index (χ2n) is 4.68. The minimum absolute atomic E-state index is 0.0161. The molecule has 2 aromatic carbocycles. The van der Waals surface area contributed by atoms with Crippen LogP contribution in [-0.2, 0) is 0 Å². The van der Waals surface area contributed by atoms with Crippen molar-refractivity contribution in [1.82, 2.24) is 5.32 Å². The second kappa shape index (κ2) is 8.02. The molecule has 1 N–H and O–H groups in total. The van der Waals surface area contributed by atoms with Crippen molar-refractivity contribution >= 4 is 34.2 Å². The summed E-state index contributed by atoms with van der Waals surface area (Å²) in [5, 5.41) is 2.98. The Morgan fingerprint density at radius 3 is 2.57 bits per heavy atom. The molecular weight excluding hydrogens is 375 g/mol. The van der Waals surface area contributed by atoms with E-state index < -0.39 is 0 Å². The first-order valence-corrected chi connectivity index (χ1v) is 8.12. The molecular formula is C17H19IN2O. The fraction of sp³-hybridized carbons (Fsp3) is 0.235. The summed E-state index contributed by atoms with van der Waals surface area (Å²) in [6.45, 7) is 4.47. The van der Waals surface area contributed by atoms with Crippen molar-refractivity contribution in [3.05, 3.63) is 63.7 Å². The summed E-state index contributed by atoms with van der Waals surface area (Å²) in [4.78, 5) is 14.3. The monoisotopic (exact) mass is 394 g/mol. The van der Waals surface area contributed by atoms with Gasteiger partial charge in [-0.25, -0.2) is 0 Å². The zero-order valence-corrected chi connectivity index (χ0v) is 14.2. The number of hydrogen-bond donors (Lipinski definition) is 1. The maximum absolute atomic E-state index is 12.1. The number of anilines is 1. The summed E-state index contributed by atoms with van der Waals surface area (Å²) in [6, 6.07) is 17.9. The van der Waals surface area contributed by atoms with Gasteiger partial charge in [-0.2, -0.15) is 0 Å². The summed E-state index contributed by atoms with van der Waals surface area (Å²) in [6.07, 6.45) is 0.